The Morgan fingerprint density at radius 3 is 2.24 bits per heavy atom. The van der Waals surface area contributed by atoms with Gasteiger partial charge in [0.15, 0.2) is 0 Å². The highest BCUT2D eigenvalue weighted by molar-refractivity contribution is 6.76. The second-order valence-corrected chi connectivity index (χ2v) is 11.8. The lowest BCUT2D eigenvalue weighted by atomic mass is 10.0. The molecule has 0 amide bonds. The summed E-state index contributed by atoms with van der Waals surface area (Å²) in [5.41, 5.74) is 4.27. The summed E-state index contributed by atoms with van der Waals surface area (Å²) in [6.07, 6.45) is 6.13. The first-order valence-corrected chi connectivity index (χ1v) is 10.7. The molecular formula is C19H30OSi. The van der Waals surface area contributed by atoms with Gasteiger partial charge in [-0.2, -0.15) is 0 Å². The van der Waals surface area contributed by atoms with Crippen LogP contribution in [0.1, 0.15) is 52.5 Å². The molecule has 0 atom stereocenters. The fourth-order valence-corrected chi connectivity index (χ4v) is 7.66. The minimum absolute atomic E-state index is 0.670. The molecule has 2 rings (SSSR count). The maximum Gasteiger partial charge on any atom is 0.201 e. The predicted octanol–water partition coefficient (Wildman–Crippen LogP) is 6.04. The number of rotatable bonds is 3. The zero-order valence-electron chi connectivity index (χ0n) is 14.1. The van der Waals surface area contributed by atoms with Gasteiger partial charge in [-0.15, -0.1) is 0 Å². The normalized spacial score (nSPS) is 22.3. The number of benzene rings is 1. The molecule has 0 aliphatic carbocycles. The number of hydrogen-bond acceptors (Lipinski definition) is 1. The van der Waals surface area contributed by atoms with Crippen molar-refractivity contribution in [3.8, 4) is 0 Å². The summed E-state index contributed by atoms with van der Waals surface area (Å²) in [5, 5.41) is 0. The van der Waals surface area contributed by atoms with E-state index in [2.05, 4.69) is 64.1 Å². The van der Waals surface area contributed by atoms with Gasteiger partial charge in [0.05, 0.1) is 0 Å². The topological polar surface area (TPSA) is 9.23 Å². The van der Waals surface area contributed by atoms with E-state index in [0.717, 1.165) is 12.7 Å². The Labute approximate surface area is 131 Å². The van der Waals surface area contributed by atoms with Gasteiger partial charge >= 0.3 is 0 Å². The van der Waals surface area contributed by atoms with Crippen molar-refractivity contribution in [2.45, 2.75) is 64.1 Å². The Morgan fingerprint density at radius 1 is 0.952 bits per heavy atom. The molecule has 0 bridgehead atoms. The largest absolute Gasteiger partial charge is 0.416 e. The second kappa shape index (κ2) is 7.41. The molecule has 0 unspecified atom stereocenters. The molecule has 0 saturated carbocycles. The zero-order valence-corrected chi connectivity index (χ0v) is 15.1. The maximum atomic E-state index is 6.55. The standard InChI is InChI=1S/C19H30OSi/c1-16(2)21(17(3)4)15-13-19(12-8-9-14-20-21)18-10-6-5-7-11-18/h5-7,10-11,13,16-17H,8-9,12,14-15H2,1-4H3/b19-13+. The van der Waals surface area contributed by atoms with Gasteiger partial charge in [-0.05, 0) is 47.5 Å². The molecule has 0 N–H and O–H groups in total. The zero-order chi connectivity index (χ0) is 15.3. The maximum absolute atomic E-state index is 6.55. The molecule has 1 aromatic rings. The van der Waals surface area contributed by atoms with Crippen LogP contribution < -0.4 is 0 Å². The highest BCUT2D eigenvalue weighted by Gasteiger charge is 2.41. The SMILES string of the molecule is CC(C)[Si]1(C(C)C)C/C=C(/c2ccccc2)CCCCO1. The van der Waals surface area contributed by atoms with Gasteiger partial charge in [0.1, 0.15) is 0 Å². The Kier molecular flexibility index (Phi) is 5.83. The smallest absolute Gasteiger partial charge is 0.201 e. The molecule has 1 nitrogen and oxygen atoms in total. The molecule has 21 heavy (non-hydrogen) atoms. The van der Waals surface area contributed by atoms with E-state index in [1.54, 1.807) is 0 Å². The average molecular weight is 303 g/mol. The summed E-state index contributed by atoms with van der Waals surface area (Å²) < 4.78 is 6.55. The van der Waals surface area contributed by atoms with E-state index in [9.17, 15) is 0 Å². The molecule has 0 saturated heterocycles. The highest BCUT2D eigenvalue weighted by Crippen LogP contribution is 2.39. The molecule has 1 aromatic carbocycles. The molecule has 116 valence electrons. The summed E-state index contributed by atoms with van der Waals surface area (Å²) in [5.74, 6) is 0. The quantitative estimate of drug-likeness (QED) is 0.619. The van der Waals surface area contributed by atoms with Crippen LogP contribution >= 0.6 is 0 Å². The van der Waals surface area contributed by atoms with E-state index in [4.69, 9.17) is 4.43 Å². The van der Waals surface area contributed by atoms with E-state index in [1.807, 2.05) is 0 Å². The summed E-state index contributed by atoms with van der Waals surface area (Å²) in [4.78, 5) is 0. The summed E-state index contributed by atoms with van der Waals surface area (Å²) in [7, 11) is -1.70. The van der Waals surface area contributed by atoms with Crippen LogP contribution in [-0.2, 0) is 4.43 Å². The molecule has 0 radical (unpaired) electrons. The summed E-state index contributed by atoms with van der Waals surface area (Å²) in [6.45, 7) is 10.4. The van der Waals surface area contributed by atoms with Crippen LogP contribution in [-0.4, -0.2) is 14.9 Å². The van der Waals surface area contributed by atoms with Gasteiger partial charge in [-0.3, -0.25) is 0 Å². The minimum atomic E-state index is -1.70. The van der Waals surface area contributed by atoms with Gasteiger partial charge < -0.3 is 4.43 Å². The van der Waals surface area contributed by atoms with Crippen molar-refractivity contribution in [3.63, 3.8) is 0 Å². The Hall–Kier alpha value is -0.863. The van der Waals surface area contributed by atoms with E-state index < -0.39 is 8.32 Å². The van der Waals surface area contributed by atoms with Gasteiger partial charge in [-0.25, -0.2) is 0 Å². The molecule has 1 aliphatic rings. The van der Waals surface area contributed by atoms with Crippen molar-refractivity contribution >= 4 is 13.9 Å². The van der Waals surface area contributed by atoms with Crippen molar-refractivity contribution in [2.24, 2.45) is 0 Å². The fraction of sp³-hybridized carbons (Fsp3) is 0.579. The van der Waals surface area contributed by atoms with E-state index >= 15 is 0 Å². The highest BCUT2D eigenvalue weighted by atomic mass is 28.4. The van der Waals surface area contributed by atoms with Gasteiger partial charge in [0.25, 0.3) is 0 Å². The first-order valence-electron chi connectivity index (χ1n) is 8.44. The summed E-state index contributed by atoms with van der Waals surface area (Å²) in [6, 6.07) is 12.1. The van der Waals surface area contributed by atoms with Gasteiger partial charge in [0, 0.05) is 6.61 Å². The predicted molar refractivity (Wildman–Crippen MR) is 95.0 cm³/mol. The van der Waals surface area contributed by atoms with Crippen molar-refractivity contribution < 1.29 is 4.43 Å². The first-order chi connectivity index (χ1) is 10.1. The van der Waals surface area contributed by atoms with Crippen LogP contribution in [0.15, 0.2) is 36.4 Å². The van der Waals surface area contributed by atoms with Crippen LogP contribution in [0.3, 0.4) is 0 Å². The lowest BCUT2D eigenvalue weighted by Gasteiger charge is -2.38. The van der Waals surface area contributed by atoms with E-state index in [1.165, 1.54) is 30.4 Å². The van der Waals surface area contributed by atoms with Crippen LogP contribution in [0.2, 0.25) is 17.1 Å². The van der Waals surface area contributed by atoms with Crippen LogP contribution in [0.25, 0.3) is 5.57 Å². The van der Waals surface area contributed by atoms with Crippen LogP contribution in [0, 0.1) is 0 Å². The second-order valence-electron chi connectivity index (χ2n) is 6.87. The van der Waals surface area contributed by atoms with Crippen LogP contribution in [0.5, 0.6) is 0 Å². The third kappa shape index (κ3) is 3.86. The third-order valence-electron chi connectivity index (χ3n) is 4.98. The summed E-state index contributed by atoms with van der Waals surface area (Å²) >= 11 is 0. The Morgan fingerprint density at radius 2 is 1.62 bits per heavy atom. The lowest BCUT2D eigenvalue weighted by molar-refractivity contribution is 0.279. The molecule has 2 heteroatoms. The molecule has 0 fully saturated rings. The van der Waals surface area contributed by atoms with E-state index in [0.29, 0.717) is 11.1 Å². The molecule has 0 spiro atoms. The van der Waals surface area contributed by atoms with Crippen LogP contribution in [0.4, 0.5) is 0 Å². The third-order valence-corrected chi connectivity index (χ3v) is 10.5. The van der Waals surface area contributed by atoms with Gasteiger partial charge in [-0.1, -0.05) is 64.1 Å². The molecule has 0 aromatic heterocycles. The first kappa shape index (κ1) is 16.5. The number of hydrogen-bond donors (Lipinski definition) is 0. The molecule has 1 heterocycles. The fourth-order valence-electron chi connectivity index (χ4n) is 3.51. The Balaban J connectivity index is 2.32. The van der Waals surface area contributed by atoms with Crippen molar-refractivity contribution in [2.75, 3.05) is 6.61 Å². The molecular weight excluding hydrogens is 272 g/mol. The lowest BCUT2D eigenvalue weighted by Crippen LogP contribution is -2.44. The van der Waals surface area contributed by atoms with Gasteiger partial charge in [0.2, 0.25) is 8.32 Å². The average Bonchev–Trinajstić information content (AvgIpc) is 2.58. The number of allylic oxidation sites excluding steroid dienone is 2. The monoisotopic (exact) mass is 302 g/mol. The van der Waals surface area contributed by atoms with Crippen molar-refractivity contribution in [3.05, 3.63) is 42.0 Å². The van der Waals surface area contributed by atoms with Crippen molar-refractivity contribution in [1.29, 1.82) is 0 Å². The van der Waals surface area contributed by atoms with E-state index in [-0.39, 0.29) is 0 Å². The minimum Gasteiger partial charge on any atom is -0.416 e. The van der Waals surface area contributed by atoms with Crippen molar-refractivity contribution in [1.82, 2.24) is 0 Å². The molecule has 1 aliphatic heterocycles. The Bertz CT molecular complexity index is 454.